The second-order valence-electron chi connectivity index (χ2n) is 5.96. The minimum absolute atomic E-state index is 0.138. The number of nitrogens with zero attached hydrogens (tertiary/aromatic N) is 1. The number of benzene rings is 2. The maximum atomic E-state index is 12.5. The highest BCUT2D eigenvalue weighted by atomic mass is 35.5. The molecule has 0 aromatic heterocycles. The minimum atomic E-state index is -1.03. The molecule has 2 aromatic rings. The van der Waals surface area contributed by atoms with E-state index in [0.717, 1.165) is 6.42 Å². The number of hydrogen-bond acceptors (Lipinski definition) is 5. The van der Waals surface area contributed by atoms with E-state index in [0.29, 0.717) is 41.1 Å². The van der Waals surface area contributed by atoms with Crippen LogP contribution in [0.15, 0.2) is 42.5 Å². The summed E-state index contributed by atoms with van der Waals surface area (Å²) in [5.41, 5.74) is 1.02. The second-order valence-corrected chi connectivity index (χ2v) is 6.37. The van der Waals surface area contributed by atoms with E-state index in [4.69, 9.17) is 26.2 Å². The number of carboxylic acid groups (broad SMARTS) is 1. The van der Waals surface area contributed by atoms with Gasteiger partial charge in [0, 0.05) is 24.2 Å². The van der Waals surface area contributed by atoms with E-state index in [2.05, 4.69) is 5.32 Å². The Balaban J connectivity index is 1.74. The summed E-state index contributed by atoms with van der Waals surface area (Å²) >= 11 is 6.24. The molecule has 1 heterocycles. The lowest BCUT2D eigenvalue weighted by Gasteiger charge is -2.22. The first-order chi connectivity index (χ1) is 13.0. The normalized spacial score (nSPS) is 12.8. The first kappa shape index (κ1) is 18.8. The highest BCUT2D eigenvalue weighted by molar-refractivity contribution is 6.34. The average molecular weight is 391 g/mol. The summed E-state index contributed by atoms with van der Waals surface area (Å²) in [4.78, 5) is 25.1. The number of halogens is 1. The van der Waals surface area contributed by atoms with Crippen LogP contribution in [0, 0.1) is 0 Å². The van der Waals surface area contributed by atoms with Gasteiger partial charge in [0.15, 0.2) is 11.5 Å². The number of para-hydroxylation sites is 1. The third-order valence-electron chi connectivity index (χ3n) is 3.89. The predicted molar refractivity (Wildman–Crippen MR) is 102 cm³/mol. The first-order valence-electron chi connectivity index (χ1n) is 8.43. The standard InChI is InChI=1S/C19H19ClN2O5/c20-14-9-16-17(27-8-4-7-26-16)10-15(14)21-18(23)11-22(12-19(24)25)13-5-2-1-3-6-13/h1-3,5-6,9-10H,4,7-8,11-12H2,(H,21,23)(H,24,25). The molecule has 0 spiro atoms. The number of amides is 1. The Labute approximate surface area is 161 Å². The number of carboxylic acids is 1. The van der Waals surface area contributed by atoms with Crippen molar-refractivity contribution in [1.29, 1.82) is 0 Å². The van der Waals surface area contributed by atoms with Gasteiger partial charge in [-0.3, -0.25) is 9.59 Å². The molecule has 2 N–H and O–H groups in total. The molecule has 2 aromatic carbocycles. The molecule has 1 aliphatic rings. The van der Waals surface area contributed by atoms with E-state index in [1.165, 1.54) is 4.90 Å². The van der Waals surface area contributed by atoms with Gasteiger partial charge in [-0.15, -0.1) is 0 Å². The second kappa shape index (κ2) is 8.64. The number of nitrogens with one attached hydrogen (secondary N) is 1. The lowest BCUT2D eigenvalue weighted by Crippen LogP contribution is -2.37. The number of fused-ring (bicyclic) bond motifs is 1. The summed E-state index contributed by atoms with van der Waals surface area (Å²) in [6.45, 7) is 0.617. The first-order valence-corrected chi connectivity index (χ1v) is 8.81. The molecule has 7 nitrogen and oxygen atoms in total. The summed E-state index contributed by atoms with van der Waals surface area (Å²) < 4.78 is 11.2. The molecule has 3 rings (SSSR count). The zero-order valence-corrected chi connectivity index (χ0v) is 15.2. The lowest BCUT2D eigenvalue weighted by molar-refractivity contribution is -0.135. The van der Waals surface area contributed by atoms with Crippen molar-refractivity contribution in [3.63, 3.8) is 0 Å². The molecule has 0 saturated heterocycles. The molecule has 1 amide bonds. The predicted octanol–water partition coefficient (Wildman–Crippen LogP) is 3.03. The molecule has 0 saturated carbocycles. The molecule has 0 unspecified atom stereocenters. The van der Waals surface area contributed by atoms with Crippen molar-refractivity contribution in [3.8, 4) is 11.5 Å². The highest BCUT2D eigenvalue weighted by Gasteiger charge is 2.18. The van der Waals surface area contributed by atoms with Crippen LogP contribution in [0.5, 0.6) is 11.5 Å². The van der Waals surface area contributed by atoms with Crippen LogP contribution in [0.4, 0.5) is 11.4 Å². The van der Waals surface area contributed by atoms with Gasteiger partial charge in [-0.25, -0.2) is 0 Å². The Morgan fingerprint density at radius 1 is 1.07 bits per heavy atom. The number of hydrogen-bond donors (Lipinski definition) is 2. The number of aliphatic carboxylic acids is 1. The molecule has 0 bridgehead atoms. The molecule has 0 fully saturated rings. The van der Waals surface area contributed by atoms with E-state index in [9.17, 15) is 9.59 Å². The van der Waals surface area contributed by atoms with Gasteiger partial charge in [-0.1, -0.05) is 29.8 Å². The minimum Gasteiger partial charge on any atom is -0.490 e. The summed E-state index contributed by atoms with van der Waals surface area (Å²) in [6, 6.07) is 12.1. The number of ether oxygens (including phenoxy) is 2. The van der Waals surface area contributed by atoms with Crippen molar-refractivity contribution in [2.45, 2.75) is 6.42 Å². The summed E-state index contributed by atoms with van der Waals surface area (Å²) in [5, 5.41) is 12.2. The van der Waals surface area contributed by atoms with Crippen LogP contribution >= 0.6 is 11.6 Å². The van der Waals surface area contributed by atoms with Crippen LogP contribution in [0.1, 0.15) is 6.42 Å². The van der Waals surface area contributed by atoms with Crippen molar-refractivity contribution in [3.05, 3.63) is 47.5 Å². The summed E-state index contributed by atoms with van der Waals surface area (Å²) in [6.07, 6.45) is 0.759. The van der Waals surface area contributed by atoms with Gasteiger partial charge in [0.2, 0.25) is 5.91 Å². The van der Waals surface area contributed by atoms with Crippen LogP contribution in [0.2, 0.25) is 5.02 Å². The van der Waals surface area contributed by atoms with Gasteiger partial charge in [0.1, 0.15) is 6.54 Å². The Morgan fingerprint density at radius 3 is 2.41 bits per heavy atom. The van der Waals surface area contributed by atoms with Crippen molar-refractivity contribution in [1.82, 2.24) is 0 Å². The zero-order valence-electron chi connectivity index (χ0n) is 14.5. The molecule has 8 heteroatoms. The lowest BCUT2D eigenvalue weighted by atomic mass is 10.2. The van der Waals surface area contributed by atoms with Crippen LogP contribution in [0.25, 0.3) is 0 Å². The van der Waals surface area contributed by atoms with Crippen molar-refractivity contribution < 1.29 is 24.2 Å². The zero-order chi connectivity index (χ0) is 19.2. The largest absolute Gasteiger partial charge is 0.490 e. The Bertz CT molecular complexity index is 828. The van der Waals surface area contributed by atoms with E-state index >= 15 is 0 Å². The van der Waals surface area contributed by atoms with Crippen molar-refractivity contribution in [2.75, 3.05) is 36.5 Å². The maximum absolute atomic E-state index is 12.5. The maximum Gasteiger partial charge on any atom is 0.323 e. The Morgan fingerprint density at radius 2 is 1.74 bits per heavy atom. The number of rotatable bonds is 6. The van der Waals surface area contributed by atoms with Crippen molar-refractivity contribution >= 4 is 34.9 Å². The SMILES string of the molecule is O=C(O)CN(CC(=O)Nc1cc2c(cc1Cl)OCCCO2)c1ccccc1. The molecular weight excluding hydrogens is 372 g/mol. The van der Waals surface area contributed by atoms with E-state index in [1.54, 1.807) is 36.4 Å². The Hall–Kier alpha value is -2.93. The highest BCUT2D eigenvalue weighted by Crippen LogP contribution is 2.37. The smallest absolute Gasteiger partial charge is 0.323 e. The fraction of sp³-hybridized carbons (Fsp3) is 0.263. The quantitative estimate of drug-likeness (QED) is 0.788. The number of carbonyl (C=O) groups excluding carboxylic acids is 1. The van der Waals surface area contributed by atoms with Gasteiger partial charge < -0.3 is 24.8 Å². The molecule has 0 radical (unpaired) electrons. The van der Waals surface area contributed by atoms with Gasteiger partial charge in [0.05, 0.1) is 30.5 Å². The third kappa shape index (κ3) is 5.04. The average Bonchev–Trinajstić information content (AvgIpc) is 2.87. The molecule has 27 heavy (non-hydrogen) atoms. The molecule has 1 aliphatic heterocycles. The van der Waals surface area contributed by atoms with Crippen LogP contribution in [-0.2, 0) is 9.59 Å². The third-order valence-corrected chi connectivity index (χ3v) is 4.21. The summed E-state index contributed by atoms with van der Waals surface area (Å²) in [7, 11) is 0. The van der Waals surface area contributed by atoms with E-state index in [-0.39, 0.29) is 13.1 Å². The fourth-order valence-corrected chi connectivity index (χ4v) is 2.88. The van der Waals surface area contributed by atoms with Gasteiger partial charge >= 0.3 is 5.97 Å². The van der Waals surface area contributed by atoms with Gasteiger partial charge in [-0.2, -0.15) is 0 Å². The Kier molecular flexibility index (Phi) is 6.03. The molecule has 0 aliphatic carbocycles. The molecule has 142 valence electrons. The fourth-order valence-electron chi connectivity index (χ4n) is 2.68. The monoisotopic (exact) mass is 390 g/mol. The topological polar surface area (TPSA) is 88.1 Å². The van der Waals surface area contributed by atoms with Crippen LogP contribution < -0.4 is 19.7 Å². The van der Waals surface area contributed by atoms with Crippen LogP contribution in [0.3, 0.4) is 0 Å². The van der Waals surface area contributed by atoms with Crippen molar-refractivity contribution in [2.24, 2.45) is 0 Å². The van der Waals surface area contributed by atoms with E-state index < -0.39 is 11.9 Å². The number of anilines is 2. The number of carbonyl (C=O) groups is 2. The van der Waals surface area contributed by atoms with Gasteiger partial charge in [0.25, 0.3) is 0 Å². The molecule has 0 atom stereocenters. The summed E-state index contributed by atoms with van der Waals surface area (Å²) in [5.74, 6) is -0.373. The van der Waals surface area contributed by atoms with Gasteiger partial charge in [-0.05, 0) is 12.1 Å². The van der Waals surface area contributed by atoms with E-state index in [1.807, 2.05) is 6.07 Å². The van der Waals surface area contributed by atoms with Crippen LogP contribution in [-0.4, -0.2) is 43.3 Å². The molecular formula is C19H19ClN2O5.